The monoisotopic (exact) mass is 260 g/mol. The number of nitrogens with zero attached hydrogens (tertiary/aromatic N) is 2. The van der Waals surface area contributed by atoms with Crippen molar-refractivity contribution in [2.24, 2.45) is 0 Å². The summed E-state index contributed by atoms with van der Waals surface area (Å²) in [5.41, 5.74) is 2.80. The SMILES string of the molecule is Cc1ccc2[nH]c(CCOC3CCNCC3)nc2n1. The Morgan fingerprint density at radius 1 is 1.26 bits per heavy atom. The second-order valence-electron chi connectivity index (χ2n) is 5.08. The zero-order chi connectivity index (χ0) is 13.1. The molecule has 0 spiro atoms. The molecule has 1 aliphatic heterocycles. The van der Waals surface area contributed by atoms with E-state index in [1.54, 1.807) is 0 Å². The molecule has 0 saturated carbocycles. The van der Waals surface area contributed by atoms with Gasteiger partial charge in [0.15, 0.2) is 5.65 Å². The summed E-state index contributed by atoms with van der Waals surface area (Å²) in [5.74, 6) is 0.960. The second kappa shape index (κ2) is 5.67. The molecule has 0 unspecified atom stereocenters. The first-order valence-electron chi connectivity index (χ1n) is 6.96. The van der Waals surface area contributed by atoms with E-state index in [0.717, 1.165) is 61.6 Å². The van der Waals surface area contributed by atoms with Crippen LogP contribution >= 0.6 is 0 Å². The van der Waals surface area contributed by atoms with Crippen LogP contribution in [0.3, 0.4) is 0 Å². The zero-order valence-corrected chi connectivity index (χ0v) is 11.3. The van der Waals surface area contributed by atoms with E-state index in [1.165, 1.54) is 0 Å². The molecule has 19 heavy (non-hydrogen) atoms. The molecule has 0 bridgehead atoms. The van der Waals surface area contributed by atoms with Crippen LogP contribution in [0, 0.1) is 6.92 Å². The molecule has 2 aromatic rings. The van der Waals surface area contributed by atoms with E-state index in [2.05, 4.69) is 20.3 Å². The Morgan fingerprint density at radius 3 is 2.95 bits per heavy atom. The van der Waals surface area contributed by atoms with Crippen molar-refractivity contribution < 1.29 is 4.74 Å². The van der Waals surface area contributed by atoms with Crippen molar-refractivity contribution in [2.75, 3.05) is 19.7 Å². The number of aromatic nitrogens is 3. The van der Waals surface area contributed by atoms with Crippen molar-refractivity contribution in [3.8, 4) is 0 Å². The predicted octanol–water partition coefficient (Wildman–Crippen LogP) is 1.58. The minimum Gasteiger partial charge on any atom is -0.378 e. The zero-order valence-electron chi connectivity index (χ0n) is 11.3. The number of rotatable bonds is 4. The van der Waals surface area contributed by atoms with Gasteiger partial charge < -0.3 is 15.0 Å². The fourth-order valence-corrected chi connectivity index (χ4v) is 2.44. The van der Waals surface area contributed by atoms with Gasteiger partial charge in [-0.05, 0) is 45.0 Å². The van der Waals surface area contributed by atoms with E-state index in [0.29, 0.717) is 6.10 Å². The average molecular weight is 260 g/mol. The van der Waals surface area contributed by atoms with Crippen molar-refractivity contribution in [3.63, 3.8) is 0 Å². The predicted molar refractivity (Wildman–Crippen MR) is 74.2 cm³/mol. The summed E-state index contributed by atoms with van der Waals surface area (Å²) in [5, 5.41) is 3.34. The van der Waals surface area contributed by atoms with Gasteiger partial charge in [-0.25, -0.2) is 9.97 Å². The molecule has 0 aromatic carbocycles. The van der Waals surface area contributed by atoms with Gasteiger partial charge in [-0.1, -0.05) is 0 Å². The number of H-pyrrole nitrogens is 1. The van der Waals surface area contributed by atoms with Gasteiger partial charge in [0, 0.05) is 12.1 Å². The lowest BCUT2D eigenvalue weighted by molar-refractivity contribution is 0.0343. The summed E-state index contributed by atoms with van der Waals surface area (Å²) in [6.07, 6.45) is 3.45. The van der Waals surface area contributed by atoms with Crippen LogP contribution in [0.15, 0.2) is 12.1 Å². The normalized spacial score (nSPS) is 17.1. The number of aromatic amines is 1. The van der Waals surface area contributed by atoms with Crippen LogP contribution in [0.25, 0.3) is 11.2 Å². The molecule has 1 saturated heterocycles. The number of ether oxygens (including phenoxy) is 1. The Labute approximate surface area is 112 Å². The molecule has 5 heteroatoms. The highest BCUT2D eigenvalue weighted by molar-refractivity contribution is 5.70. The Hall–Kier alpha value is -1.46. The Kier molecular flexibility index (Phi) is 3.75. The first-order chi connectivity index (χ1) is 9.31. The van der Waals surface area contributed by atoms with Crippen molar-refractivity contribution in [1.82, 2.24) is 20.3 Å². The lowest BCUT2D eigenvalue weighted by Crippen LogP contribution is -2.32. The highest BCUT2D eigenvalue weighted by Crippen LogP contribution is 2.11. The number of pyridine rings is 1. The first kappa shape index (κ1) is 12.6. The molecule has 0 aliphatic carbocycles. The molecule has 5 nitrogen and oxygen atoms in total. The quantitative estimate of drug-likeness (QED) is 0.876. The number of hydrogen-bond donors (Lipinski definition) is 2. The smallest absolute Gasteiger partial charge is 0.177 e. The van der Waals surface area contributed by atoms with Crippen LogP contribution in [0.1, 0.15) is 24.4 Å². The third kappa shape index (κ3) is 3.11. The minimum absolute atomic E-state index is 0.408. The number of fused-ring (bicyclic) bond motifs is 1. The van der Waals surface area contributed by atoms with Crippen LogP contribution in [0.5, 0.6) is 0 Å². The summed E-state index contributed by atoms with van der Waals surface area (Å²) >= 11 is 0. The summed E-state index contributed by atoms with van der Waals surface area (Å²) in [6.45, 7) is 4.84. The molecule has 2 N–H and O–H groups in total. The fourth-order valence-electron chi connectivity index (χ4n) is 2.44. The van der Waals surface area contributed by atoms with Gasteiger partial charge in [-0.2, -0.15) is 0 Å². The van der Waals surface area contributed by atoms with Crippen LogP contribution in [-0.2, 0) is 11.2 Å². The molecule has 0 radical (unpaired) electrons. The van der Waals surface area contributed by atoms with Crippen molar-refractivity contribution in [2.45, 2.75) is 32.3 Å². The second-order valence-corrected chi connectivity index (χ2v) is 5.08. The molecule has 0 atom stereocenters. The van der Waals surface area contributed by atoms with E-state index in [9.17, 15) is 0 Å². The summed E-state index contributed by atoms with van der Waals surface area (Å²) in [6, 6.07) is 4.03. The number of aryl methyl sites for hydroxylation is 1. The van der Waals surface area contributed by atoms with Crippen LogP contribution in [-0.4, -0.2) is 40.8 Å². The number of imidazole rings is 1. The fraction of sp³-hybridized carbons (Fsp3) is 0.571. The molecule has 0 amide bonds. The van der Waals surface area contributed by atoms with Gasteiger partial charge in [-0.15, -0.1) is 0 Å². The van der Waals surface area contributed by atoms with Crippen LogP contribution in [0.4, 0.5) is 0 Å². The van der Waals surface area contributed by atoms with Gasteiger partial charge in [0.05, 0.1) is 18.2 Å². The van der Waals surface area contributed by atoms with Crippen molar-refractivity contribution in [1.29, 1.82) is 0 Å². The van der Waals surface area contributed by atoms with Gasteiger partial charge in [-0.3, -0.25) is 0 Å². The minimum atomic E-state index is 0.408. The maximum atomic E-state index is 5.89. The van der Waals surface area contributed by atoms with Gasteiger partial charge in [0.25, 0.3) is 0 Å². The number of nitrogens with one attached hydrogen (secondary N) is 2. The number of hydrogen-bond acceptors (Lipinski definition) is 4. The molecule has 2 aromatic heterocycles. The van der Waals surface area contributed by atoms with Gasteiger partial charge in [0.2, 0.25) is 0 Å². The third-order valence-corrected chi connectivity index (χ3v) is 3.51. The van der Waals surface area contributed by atoms with Gasteiger partial charge in [0.1, 0.15) is 5.82 Å². The maximum Gasteiger partial charge on any atom is 0.177 e. The van der Waals surface area contributed by atoms with Crippen LogP contribution < -0.4 is 5.32 Å². The molecular formula is C14H20N4O. The number of piperidine rings is 1. The highest BCUT2D eigenvalue weighted by Gasteiger charge is 2.13. The average Bonchev–Trinajstić information content (AvgIpc) is 2.82. The van der Waals surface area contributed by atoms with Gasteiger partial charge >= 0.3 is 0 Å². The molecule has 1 aliphatic rings. The third-order valence-electron chi connectivity index (χ3n) is 3.51. The molecule has 102 valence electrons. The summed E-state index contributed by atoms with van der Waals surface area (Å²) in [4.78, 5) is 12.2. The van der Waals surface area contributed by atoms with E-state index >= 15 is 0 Å². The Balaban J connectivity index is 1.56. The highest BCUT2D eigenvalue weighted by atomic mass is 16.5. The Bertz CT molecular complexity index is 545. The summed E-state index contributed by atoms with van der Waals surface area (Å²) in [7, 11) is 0. The first-order valence-corrected chi connectivity index (χ1v) is 6.96. The van der Waals surface area contributed by atoms with Crippen molar-refractivity contribution in [3.05, 3.63) is 23.7 Å². The molecule has 3 heterocycles. The molecule has 1 fully saturated rings. The Morgan fingerprint density at radius 2 is 2.11 bits per heavy atom. The largest absolute Gasteiger partial charge is 0.378 e. The van der Waals surface area contributed by atoms with E-state index in [1.807, 2.05) is 19.1 Å². The molecular weight excluding hydrogens is 240 g/mol. The standard InChI is InChI=1S/C14H20N4O/c1-10-2-3-12-14(16-10)18-13(17-12)6-9-19-11-4-7-15-8-5-11/h2-3,11,15H,4-9H2,1H3,(H,16,17,18). The maximum absolute atomic E-state index is 5.89. The van der Waals surface area contributed by atoms with Crippen molar-refractivity contribution >= 4 is 11.2 Å². The lowest BCUT2D eigenvalue weighted by Gasteiger charge is -2.22. The molecule has 3 rings (SSSR count). The van der Waals surface area contributed by atoms with E-state index in [-0.39, 0.29) is 0 Å². The topological polar surface area (TPSA) is 62.8 Å². The van der Waals surface area contributed by atoms with E-state index < -0.39 is 0 Å². The van der Waals surface area contributed by atoms with Crippen LogP contribution in [0.2, 0.25) is 0 Å². The van der Waals surface area contributed by atoms with E-state index in [4.69, 9.17) is 4.74 Å². The summed E-state index contributed by atoms with van der Waals surface area (Å²) < 4.78 is 5.89. The lowest BCUT2D eigenvalue weighted by atomic mass is 10.1.